The fourth-order valence-electron chi connectivity index (χ4n) is 2.11. The van der Waals surface area contributed by atoms with Gasteiger partial charge in [0.05, 0.1) is 5.29 Å². The summed E-state index contributed by atoms with van der Waals surface area (Å²) < 4.78 is 0. The summed E-state index contributed by atoms with van der Waals surface area (Å²) in [7, 11) is 4.64. The molecule has 2 rings (SSSR count). The number of carbonyl (C=O) groups is 2. The number of nitrogens with zero attached hydrogens (tertiary/aromatic N) is 3. The highest BCUT2D eigenvalue weighted by molar-refractivity contribution is 6.26. The van der Waals surface area contributed by atoms with Gasteiger partial charge in [-0.1, -0.05) is 24.3 Å². The largest absolute Gasteiger partial charge is 0.373 e. The Morgan fingerprint density at radius 1 is 0.895 bits per heavy atom. The zero-order valence-corrected chi connectivity index (χ0v) is 10.9. The number of hydrogen-bond acceptors (Lipinski definition) is 5. The molecule has 0 N–H and O–H groups in total. The quantitative estimate of drug-likeness (QED) is 0.607. The summed E-state index contributed by atoms with van der Waals surface area (Å²) >= 11 is 0. The Kier molecular flexibility index (Phi) is 3.16. The van der Waals surface area contributed by atoms with Gasteiger partial charge in [-0.3, -0.25) is 9.59 Å². The van der Waals surface area contributed by atoms with E-state index in [1.165, 1.54) is 11.9 Å². The molecule has 0 saturated carbocycles. The van der Waals surface area contributed by atoms with Crippen LogP contribution in [-0.4, -0.2) is 42.6 Å². The van der Waals surface area contributed by atoms with Crippen molar-refractivity contribution >= 4 is 11.6 Å². The minimum absolute atomic E-state index is 0.00343. The lowest BCUT2D eigenvalue weighted by molar-refractivity contribution is 0.0925. The molecule has 0 heterocycles. The summed E-state index contributed by atoms with van der Waals surface area (Å²) in [6, 6.07) is 6.55. The van der Waals surface area contributed by atoms with Crippen LogP contribution in [0.25, 0.3) is 0 Å². The van der Waals surface area contributed by atoms with E-state index in [1.807, 2.05) is 0 Å². The van der Waals surface area contributed by atoms with Gasteiger partial charge in [0, 0.05) is 32.3 Å². The molecule has 0 radical (unpaired) electrons. The fourth-order valence-corrected chi connectivity index (χ4v) is 2.11. The third-order valence-corrected chi connectivity index (χ3v) is 2.96. The van der Waals surface area contributed by atoms with Crippen molar-refractivity contribution in [2.24, 2.45) is 5.29 Å². The first-order chi connectivity index (χ1) is 8.99. The van der Waals surface area contributed by atoms with Gasteiger partial charge in [-0.25, -0.2) is 5.01 Å². The number of nitroso groups, excluding NO2 is 1. The van der Waals surface area contributed by atoms with Gasteiger partial charge in [-0.2, -0.15) is 0 Å². The maximum atomic E-state index is 12.4. The topological polar surface area (TPSA) is 70.0 Å². The van der Waals surface area contributed by atoms with Gasteiger partial charge < -0.3 is 4.90 Å². The van der Waals surface area contributed by atoms with Crippen molar-refractivity contribution in [2.75, 3.05) is 21.1 Å². The number of carbonyl (C=O) groups excluding carboxylic acids is 2. The number of benzene rings is 1. The molecule has 0 aliphatic heterocycles. The van der Waals surface area contributed by atoms with Crippen molar-refractivity contribution in [3.8, 4) is 0 Å². The molecule has 0 saturated heterocycles. The maximum Gasteiger partial charge on any atom is 0.214 e. The molecule has 1 aromatic rings. The third kappa shape index (κ3) is 1.91. The van der Waals surface area contributed by atoms with Crippen LogP contribution in [0.3, 0.4) is 0 Å². The standard InChI is InChI=1S/C13H13N3O3/c1-15(2)10-11(16(3)14-19)13(18)9-7-5-4-6-8(9)12(10)17/h4-7H,1-3H3. The van der Waals surface area contributed by atoms with Crippen LogP contribution in [0.15, 0.2) is 40.9 Å². The molecule has 0 spiro atoms. The SMILES string of the molecule is CN(C)C1=C(N(C)N=O)C(=O)c2ccccc2C1=O. The molecule has 6 nitrogen and oxygen atoms in total. The van der Waals surface area contributed by atoms with Crippen LogP contribution in [0.4, 0.5) is 0 Å². The summed E-state index contributed by atoms with van der Waals surface area (Å²) in [6.45, 7) is 0. The summed E-state index contributed by atoms with van der Waals surface area (Å²) in [5, 5.41) is 3.62. The number of Topliss-reactive ketones (excluding diaryl/α,β-unsaturated/α-hetero) is 2. The predicted octanol–water partition coefficient (Wildman–Crippen LogP) is 1.45. The van der Waals surface area contributed by atoms with E-state index >= 15 is 0 Å². The highest BCUT2D eigenvalue weighted by Gasteiger charge is 2.35. The van der Waals surface area contributed by atoms with Crippen LogP contribution in [0.1, 0.15) is 20.7 Å². The van der Waals surface area contributed by atoms with Crippen molar-refractivity contribution in [1.29, 1.82) is 0 Å². The molecule has 0 unspecified atom stereocenters. The lowest BCUT2D eigenvalue weighted by Gasteiger charge is -2.27. The van der Waals surface area contributed by atoms with E-state index in [9.17, 15) is 14.5 Å². The van der Waals surface area contributed by atoms with Crippen LogP contribution in [0.5, 0.6) is 0 Å². The van der Waals surface area contributed by atoms with Crippen LogP contribution in [-0.2, 0) is 0 Å². The third-order valence-electron chi connectivity index (χ3n) is 2.96. The average Bonchev–Trinajstić information content (AvgIpc) is 2.41. The second kappa shape index (κ2) is 4.64. The second-order valence-electron chi connectivity index (χ2n) is 4.40. The van der Waals surface area contributed by atoms with Gasteiger partial charge in [-0.05, 0) is 0 Å². The van der Waals surface area contributed by atoms with Crippen molar-refractivity contribution in [3.63, 3.8) is 0 Å². The lowest BCUT2D eigenvalue weighted by atomic mass is 9.90. The van der Waals surface area contributed by atoms with Crippen LogP contribution in [0, 0.1) is 4.91 Å². The zero-order chi connectivity index (χ0) is 14.2. The van der Waals surface area contributed by atoms with E-state index in [0.29, 0.717) is 11.1 Å². The molecule has 19 heavy (non-hydrogen) atoms. The molecule has 0 fully saturated rings. The smallest absolute Gasteiger partial charge is 0.214 e. The van der Waals surface area contributed by atoms with Crippen LogP contribution in [0.2, 0.25) is 0 Å². The summed E-state index contributed by atoms with van der Waals surface area (Å²) in [6.07, 6.45) is 0. The Morgan fingerprint density at radius 3 is 1.79 bits per heavy atom. The molecule has 0 bridgehead atoms. The minimum Gasteiger partial charge on any atom is -0.373 e. The van der Waals surface area contributed by atoms with Gasteiger partial charge in [-0.15, -0.1) is 4.91 Å². The summed E-state index contributed by atoms with van der Waals surface area (Å²) in [5.41, 5.74) is 0.817. The van der Waals surface area contributed by atoms with Gasteiger partial charge in [0.1, 0.15) is 11.4 Å². The first-order valence-electron chi connectivity index (χ1n) is 5.66. The summed E-state index contributed by atoms with van der Waals surface area (Å²) in [5.74, 6) is -0.660. The normalized spacial score (nSPS) is 14.3. The molecule has 98 valence electrons. The minimum atomic E-state index is -0.374. The number of allylic oxidation sites excluding steroid dienone is 2. The van der Waals surface area contributed by atoms with Crippen LogP contribution < -0.4 is 0 Å². The highest BCUT2D eigenvalue weighted by Crippen LogP contribution is 2.28. The zero-order valence-electron chi connectivity index (χ0n) is 10.9. The molecule has 1 aliphatic rings. The number of ketones is 2. The van der Waals surface area contributed by atoms with Gasteiger partial charge >= 0.3 is 0 Å². The molecule has 1 aliphatic carbocycles. The summed E-state index contributed by atoms with van der Waals surface area (Å²) in [4.78, 5) is 37.0. The number of likely N-dealkylation sites (N-methyl/N-ethyl adjacent to an activating group) is 2. The number of hydrogen-bond donors (Lipinski definition) is 0. The Balaban J connectivity index is 2.73. The Hall–Kier alpha value is -2.50. The average molecular weight is 259 g/mol. The molecule has 0 aromatic heterocycles. The Bertz CT molecular complexity index is 605. The highest BCUT2D eigenvalue weighted by atomic mass is 16.3. The fraction of sp³-hybridized carbons (Fsp3) is 0.231. The van der Waals surface area contributed by atoms with E-state index in [4.69, 9.17) is 0 Å². The van der Waals surface area contributed by atoms with E-state index in [-0.39, 0.29) is 23.0 Å². The monoisotopic (exact) mass is 259 g/mol. The number of fused-ring (bicyclic) bond motifs is 1. The number of rotatable bonds is 3. The van der Waals surface area contributed by atoms with Crippen LogP contribution >= 0.6 is 0 Å². The predicted molar refractivity (Wildman–Crippen MR) is 69.4 cm³/mol. The first kappa shape index (κ1) is 12.9. The molecule has 1 aromatic carbocycles. The maximum absolute atomic E-state index is 12.4. The van der Waals surface area contributed by atoms with E-state index in [2.05, 4.69) is 5.29 Å². The van der Waals surface area contributed by atoms with Gasteiger partial charge in [0.2, 0.25) is 11.6 Å². The van der Waals surface area contributed by atoms with Gasteiger partial charge in [0.25, 0.3) is 0 Å². The lowest BCUT2D eigenvalue weighted by Crippen LogP contribution is -2.34. The first-order valence-corrected chi connectivity index (χ1v) is 5.66. The molecule has 0 atom stereocenters. The van der Waals surface area contributed by atoms with E-state index in [0.717, 1.165) is 5.01 Å². The van der Waals surface area contributed by atoms with E-state index < -0.39 is 0 Å². The van der Waals surface area contributed by atoms with Crippen molar-refractivity contribution < 1.29 is 9.59 Å². The van der Waals surface area contributed by atoms with Crippen molar-refractivity contribution in [3.05, 3.63) is 51.7 Å². The van der Waals surface area contributed by atoms with E-state index in [1.54, 1.807) is 38.4 Å². The molecule has 0 amide bonds. The second-order valence-corrected chi connectivity index (χ2v) is 4.40. The van der Waals surface area contributed by atoms with Crippen molar-refractivity contribution in [1.82, 2.24) is 9.91 Å². The Morgan fingerprint density at radius 2 is 1.37 bits per heavy atom. The van der Waals surface area contributed by atoms with Crippen molar-refractivity contribution in [2.45, 2.75) is 0 Å². The Labute approximate surface area is 110 Å². The molecular weight excluding hydrogens is 246 g/mol. The van der Waals surface area contributed by atoms with Gasteiger partial charge in [0.15, 0.2) is 0 Å². The molecule has 6 heteroatoms. The molecular formula is C13H13N3O3.